The summed E-state index contributed by atoms with van der Waals surface area (Å²) in [6.07, 6.45) is -8.60. The molecule has 0 aliphatic heterocycles. The topological polar surface area (TPSA) is 388 Å². The van der Waals surface area contributed by atoms with Gasteiger partial charge in [0.2, 0.25) is 57.3 Å². The minimum atomic E-state index is -5.44. The summed E-state index contributed by atoms with van der Waals surface area (Å²) in [5.74, 6) is -7.52. The maximum Gasteiger partial charge on any atom is 0.416 e. The quantitative estimate of drug-likeness (QED) is 0.0333. The van der Waals surface area contributed by atoms with E-state index in [9.17, 15) is 73.1 Å². The normalized spacial score (nSPS) is 14.8. The number of nitrogens with zero attached hydrogens (tertiary/aromatic N) is 1. The fourth-order valence-electron chi connectivity index (χ4n) is 9.86. The highest BCUT2D eigenvalue weighted by Gasteiger charge is 2.41. The molecule has 17 N–H and O–H groups in total. The summed E-state index contributed by atoms with van der Waals surface area (Å²) >= 11 is 0. The van der Waals surface area contributed by atoms with E-state index in [4.69, 9.17) is 28.7 Å². The maximum absolute atomic E-state index is 14.5. The van der Waals surface area contributed by atoms with Gasteiger partial charge >= 0.3 is 12.4 Å². The standard InChI is InChI=1S/C61H99F6N13O10S/c1-36(2)26-48(53(72)82)76-58(87)50(28-38(5)6)78-56(85)47(22-14-17-25-70)74-55(84)46(21-13-16-24-69)75-57(86)49(27-37(3)4)79-59(88)51(29-39(7)8)77-54(83)45(20-12-15-23-68)73-52(81)35-80(34-43(71)30-40-18-10-9-11-19-40)91(89,90)44-32-41(60(62,63)64)31-42(33-44)61(65,66)67/h9-11,18-19,31-33,36-39,43,45-51H,12-17,20-30,34-35,68-71H2,1-8H3,(H2,72,82)(H,73,81)(H,74,84)(H,75,86)(H,76,87)(H,77,83)(H,78,85)(H,79,88)/t43-,45-,46-,47-,48-,49-,50-,51-/m0/s1. The van der Waals surface area contributed by atoms with E-state index in [-0.39, 0.29) is 119 Å². The van der Waals surface area contributed by atoms with Gasteiger partial charge in [0.25, 0.3) is 0 Å². The summed E-state index contributed by atoms with van der Waals surface area (Å²) in [5, 5.41) is 18.6. The number of hydrogen-bond donors (Lipinski definition) is 12. The molecule has 0 spiro atoms. The van der Waals surface area contributed by atoms with Crippen LogP contribution in [0.25, 0.3) is 0 Å². The Morgan fingerprint density at radius 3 is 1.12 bits per heavy atom. The number of amides is 8. The summed E-state index contributed by atoms with van der Waals surface area (Å²) in [6, 6.07) is -2.22. The summed E-state index contributed by atoms with van der Waals surface area (Å²) in [5.41, 5.74) is 26.0. The van der Waals surface area contributed by atoms with Crippen LogP contribution in [0, 0.1) is 23.7 Å². The lowest BCUT2D eigenvalue weighted by Gasteiger charge is -2.29. The first-order valence-electron chi connectivity index (χ1n) is 31.0. The third kappa shape index (κ3) is 29.8. The Morgan fingerprint density at radius 2 is 0.791 bits per heavy atom. The Morgan fingerprint density at radius 1 is 0.473 bits per heavy atom. The van der Waals surface area contributed by atoms with Crippen LogP contribution >= 0.6 is 0 Å². The number of benzene rings is 2. The largest absolute Gasteiger partial charge is 0.416 e. The van der Waals surface area contributed by atoms with E-state index in [2.05, 4.69) is 37.2 Å². The van der Waals surface area contributed by atoms with E-state index in [1.807, 2.05) is 27.7 Å². The highest BCUT2D eigenvalue weighted by molar-refractivity contribution is 7.89. The van der Waals surface area contributed by atoms with Crippen LogP contribution in [0.5, 0.6) is 0 Å². The fourth-order valence-corrected chi connectivity index (χ4v) is 11.4. The molecular weight excluding hydrogens is 1220 g/mol. The number of rotatable bonds is 42. The molecule has 0 fully saturated rings. The van der Waals surface area contributed by atoms with Crippen LogP contribution < -0.4 is 65.9 Å². The molecule has 8 atom stereocenters. The highest BCUT2D eigenvalue weighted by atomic mass is 32.2. The van der Waals surface area contributed by atoms with Gasteiger partial charge in [0.15, 0.2) is 0 Å². The number of carbonyl (C=O) groups excluding carboxylic acids is 8. The average molecular weight is 1320 g/mol. The van der Waals surface area contributed by atoms with Crippen LogP contribution in [-0.2, 0) is 67.2 Å². The maximum atomic E-state index is 14.5. The summed E-state index contributed by atoms with van der Waals surface area (Å²) < 4.78 is 113. The molecule has 0 unspecified atom stereocenters. The van der Waals surface area contributed by atoms with Gasteiger partial charge in [-0.3, -0.25) is 38.4 Å². The van der Waals surface area contributed by atoms with E-state index in [1.54, 1.807) is 58.0 Å². The molecule has 0 radical (unpaired) electrons. The molecule has 91 heavy (non-hydrogen) atoms. The first-order valence-corrected chi connectivity index (χ1v) is 32.5. The third-order valence-electron chi connectivity index (χ3n) is 14.4. The third-order valence-corrected chi connectivity index (χ3v) is 16.2. The molecule has 0 aliphatic carbocycles. The van der Waals surface area contributed by atoms with E-state index in [0.29, 0.717) is 42.0 Å². The Bertz CT molecular complexity index is 2730. The molecule has 0 aliphatic rings. The molecular formula is C61H99F6N13O10S. The fraction of sp³-hybridized carbons (Fsp3) is 0.672. The predicted molar refractivity (Wildman–Crippen MR) is 333 cm³/mol. The number of nitrogens with one attached hydrogen (secondary N) is 7. The molecule has 2 aromatic rings. The Kier molecular flexibility index (Phi) is 34.7. The van der Waals surface area contributed by atoms with Crippen LogP contribution in [-0.4, -0.2) is 141 Å². The van der Waals surface area contributed by atoms with Gasteiger partial charge in [-0.1, -0.05) is 85.7 Å². The molecule has 30 heteroatoms. The molecule has 0 saturated heterocycles. The number of alkyl halides is 6. The summed E-state index contributed by atoms with van der Waals surface area (Å²) in [6.45, 7) is 12.9. The first-order chi connectivity index (χ1) is 42.4. The van der Waals surface area contributed by atoms with Crippen molar-refractivity contribution in [2.45, 2.75) is 211 Å². The van der Waals surface area contributed by atoms with Crippen molar-refractivity contribution in [3.8, 4) is 0 Å². The number of primary amides is 1. The lowest BCUT2D eigenvalue weighted by atomic mass is 9.98. The zero-order valence-corrected chi connectivity index (χ0v) is 54.4. The van der Waals surface area contributed by atoms with Gasteiger partial charge in [0, 0.05) is 12.6 Å². The first kappa shape index (κ1) is 80.6. The van der Waals surface area contributed by atoms with Crippen molar-refractivity contribution in [2.24, 2.45) is 52.3 Å². The van der Waals surface area contributed by atoms with Crippen molar-refractivity contribution >= 4 is 57.3 Å². The van der Waals surface area contributed by atoms with Crippen LogP contribution in [0.1, 0.15) is 156 Å². The second kappa shape index (κ2) is 39.2. The Hall–Kier alpha value is -6.47. The smallest absolute Gasteiger partial charge is 0.368 e. The van der Waals surface area contributed by atoms with Crippen LogP contribution in [0.15, 0.2) is 53.4 Å². The second-order valence-electron chi connectivity index (χ2n) is 24.8. The zero-order valence-electron chi connectivity index (χ0n) is 53.6. The number of nitrogens with two attached hydrogens (primary N) is 5. The van der Waals surface area contributed by atoms with Crippen molar-refractivity contribution in [3.05, 3.63) is 65.2 Å². The van der Waals surface area contributed by atoms with Gasteiger partial charge in [-0.25, -0.2) is 8.42 Å². The Labute approximate surface area is 531 Å². The minimum absolute atomic E-state index is 0.00153. The van der Waals surface area contributed by atoms with Crippen LogP contribution in [0.3, 0.4) is 0 Å². The average Bonchev–Trinajstić information content (AvgIpc) is 0.986. The number of unbranched alkanes of at least 4 members (excludes halogenated alkanes) is 3. The van der Waals surface area contributed by atoms with Crippen LogP contribution in [0.4, 0.5) is 26.3 Å². The molecule has 8 amide bonds. The lowest BCUT2D eigenvalue weighted by molar-refractivity contribution is -0.143. The molecule has 0 heterocycles. The van der Waals surface area contributed by atoms with Gasteiger partial charge < -0.3 is 65.9 Å². The highest BCUT2D eigenvalue weighted by Crippen LogP contribution is 2.38. The number of sulfonamides is 1. The molecule has 0 aromatic heterocycles. The van der Waals surface area contributed by atoms with Gasteiger partial charge in [0.1, 0.15) is 42.3 Å². The molecule has 0 saturated carbocycles. The van der Waals surface area contributed by atoms with Crippen molar-refractivity contribution in [1.82, 2.24) is 41.5 Å². The molecule has 2 aromatic carbocycles. The molecule has 0 bridgehead atoms. The number of carbonyl (C=O) groups is 8. The summed E-state index contributed by atoms with van der Waals surface area (Å²) in [7, 11) is -5.43. The van der Waals surface area contributed by atoms with Crippen molar-refractivity contribution in [2.75, 3.05) is 32.7 Å². The van der Waals surface area contributed by atoms with Gasteiger partial charge in [0.05, 0.1) is 22.6 Å². The molecule has 23 nitrogen and oxygen atoms in total. The minimum Gasteiger partial charge on any atom is -0.368 e. The van der Waals surface area contributed by atoms with Gasteiger partial charge in [-0.2, -0.15) is 30.6 Å². The second-order valence-corrected chi connectivity index (χ2v) is 26.7. The van der Waals surface area contributed by atoms with E-state index in [1.165, 1.54) is 0 Å². The number of halogens is 6. The SMILES string of the molecule is CC(C)C[C@H](NC(=O)[C@H](CC(C)C)NC(=O)[C@H](CCCCN)NC(=O)[C@H](CCCCN)NC(=O)[C@H](CC(C)C)NC(=O)[C@H](CC(C)C)NC(=O)[C@H](CCCCN)NC(=O)CN(C[C@@H](N)Cc1ccccc1)S(=O)(=O)c1cc(C(F)(F)F)cc(C(F)(F)F)c1)C(N)=O. The van der Waals surface area contributed by atoms with E-state index >= 15 is 0 Å². The predicted octanol–water partition coefficient (Wildman–Crippen LogP) is 3.74. The summed E-state index contributed by atoms with van der Waals surface area (Å²) in [4.78, 5) is 111. The van der Waals surface area contributed by atoms with Crippen LogP contribution in [0.2, 0.25) is 0 Å². The van der Waals surface area contributed by atoms with Crippen molar-refractivity contribution < 1.29 is 73.1 Å². The zero-order chi connectivity index (χ0) is 69.0. The monoisotopic (exact) mass is 1320 g/mol. The molecule has 516 valence electrons. The lowest BCUT2D eigenvalue weighted by Crippen LogP contribution is -2.60. The van der Waals surface area contributed by atoms with E-state index in [0.717, 1.165) is 0 Å². The van der Waals surface area contributed by atoms with Crippen molar-refractivity contribution in [1.29, 1.82) is 0 Å². The Balaban J connectivity index is 2.57. The van der Waals surface area contributed by atoms with Crippen molar-refractivity contribution in [3.63, 3.8) is 0 Å². The van der Waals surface area contributed by atoms with Gasteiger partial charge in [-0.05, 0) is 157 Å². The van der Waals surface area contributed by atoms with Gasteiger partial charge in [-0.15, -0.1) is 0 Å². The van der Waals surface area contributed by atoms with E-state index < -0.39 is 147 Å². The molecule has 2 rings (SSSR count). The number of hydrogen-bond acceptors (Lipinski definition) is 14.